The van der Waals surface area contributed by atoms with Crippen LogP contribution in [0.15, 0.2) is 45.1 Å². The molecule has 1 nitrogen and oxygen atoms in total. The summed E-state index contributed by atoms with van der Waals surface area (Å²) in [7, 11) is 0. The SMILES string of the molecule is Cc1ccc(SC(CN)c2cc(Br)cs2)cc1. The Bertz CT molecular complexity index is 478. The molecule has 0 aliphatic heterocycles. The minimum Gasteiger partial charge on any atom is -0.329 e. The summed E-state index contributed by atoms with van der Waals surface area (Å²) in [6.45, 7) is 2.76. The van der Waals surface area contributed by atoms with Gasteiger partial charge in [0, 0.05) is 26.2 Å². The van der Waals surface area contributed by atoms with E-state index in [1.54, 1.807) is 11.3 Å². The van der Waals surface area contributed by atoms with Crippen LogP contribution in [0.5, 0.6) is 0 Å². The van der Waals surface area contributed by atoms with Crippen LogP contribution in [0.1, 0.15) is 15.7 Å². The first kappa shape index (κ1) is 13.1. The molecule has 1 aromatic heterocycles. The number of thiophene rings is 1. The average molecular weight is 328 g/mol. The first-order chi connectivity index (χ1) is 8.19. The normalized spacial score (nSPS) is 12.6. The fourth-order valence-electron chi connectivity index (χ4n) is 1.50. The minimum absolute atomic E-state index is 0.342. The molecule has 1 heterocycles. The summed E-state index contributed by atoms with van der Waals surface area (Å²) < 4.78 is 1.14. The molecular weight excluding hydrogens is 314 g/mol. The molecule has 0 amide bonds. The fourth-order valence-corrected chi connectivity index (χ4v) is 4.15. The molecule has 0 fully saturated rings. The van der Waals surface area contributed by atoms with E-state index in [2.05, 4.69) is 58.6 Å². The van der Waals surface area contributed by atoms with Crippen molar-refractivity contribution in [1.29, 1.82) is 0 Å². The molecule has 0 spiro atoms. The molecule has 4 heteroatoms. The third-order valence-corrected chi connectivity index (χ3v) is 5.65. The Kier molecular flexibility index (Phi) is 4.68. The lowest BCUT2D eigenvalue weighted by molar-refractivity contribution is 0.960. The summed E-state index contributed by atoms with van der Waals surface area (Å²) in [5, 5.41) is 2.45. The number of hydrogen-bond donors (Lipinski definition) is 1. The van der Waals surface area contributed by atoms with Gasteiger partial charge in [-0.2, -0.15) is 0 Å². The van der Waals surface area contributed by atoms with Gasteiger partial charge in [-0.25, -0.2) is 0 Å². The molecule has 0 bridgehead atoms. The number of halogens is 1. The Labute approximate surface area is 119 Å². The van der Waals surface area contributed by atoms with E-state index in [-0.39, 0.29) is 0 Å². The molecule has 1 unspecified atom stereocenters. The standard InChI is InChI=1S/C13H14BrNS2/c1-9-2-4-11(5-3-9)17-13(7-15)12-6-10(14)8-16-12/h2-6,8,13H,7,15H2,1H3. The fraction of sp³-hybridized carbons (Fsp3) is 0.231. The molecule has 2 aromatic rings. The molecular formula is C13H14BrNS2. The summed E-state index contributed by atoms with van der Waals surface area (Å²) in [5.74, 6) is 0. The second-order valence-electron chi connectivity index (χ2n) is 3.82. The van der Waals surface area contributed by atoms with Crippen LogP contribution in [0.4, 0.5) is 0 Å². The number of thioether (sulfide) groups is 1. The van der Waals surface area contributed by atoms with Gasteiger partial charge in [-0.1, -0.05) is 17.7 Å². The van der Waals surface area contributed by atoms with Crippen LogP contribution in [0.2, 0.25) is 0 Å². The number of aryl methyl sites for hydroxylation is 1. The molecule has 0 aliphatic carbocycles. The molecule has 0 saturated carbocycles. The van der Waals surface area contributed by atoms with Crippen LogP contribution >= 0.6 is 39.0 Å². The van der Waals surface area contributed by atoms with E-state index < -0.39 is 0 Å². The van der Waals surface area contributed by atoms with Gasteiger partial charge < -0.3 is 5.73 Å². The van der Waals surface area contributed by atoms with E-state index in [4.69, 9.17) is 5.73 Å². The van der Waals surface area contributed by atoms with Gasteiger partial charge >= 0.3 is 0 Å². The summed E-state index contributed by atoms with van der Waals surface area (Å²) in [6, 6.07) is 10.8. The van der Waals surface area contributed by atoms with Gasteiger partial charge in [0.2, 0.25) is 0 Å². The number of benzene rings is 1. The van der Waals surface area contributed by atoms with Crippen molar-refractivity contribution in [1.82, 2.24) is 0 Å². The molecule has 2 rings (SSSR count). The molecule has 17 heavy (non-hydrogen) atoms. The Morgan fingerprint density at radius 1 is 1.35 bits per heavy atom. The Morgan fingerprint density at radius 2 is 2.06 bits per heavy atom. The first-order valence-corrected chi connectivity index (χ1v) is 7.91. The predicted molar refractivity (Wildman–Crippen MR) is 80.9 cm³/mol. The maximum absolute atomic E-state index is 5.86. The van der Waals surface area contributed by atoms with Crippen molar-refractivity contribution in [3.05, 3.63) is 50.6 Å². The summed E-state index contributed by atoms with van der Waals surface area (Å²) >= 11 is 7.07. The smallest absolute Gasteiger partial charge is 0.0561 e. The highest BCUT2D eigenvalue weighted by molar-refractivity contribution is 9.10. The minimum atomic E-state index is 0.342. The summed E-state index contributed by atoms with van der Waals surface area (Å²) in [6.07, 6.45) is 0. The van der Waals surface area contributed by atoms with E-state index in [0.717, 1.165) is 4.47 Å². The van der Waals surface area contributed by atoms with Crippen molar-refractivity contribution in [2.75, 3.05) is 6.54 Å². The van der Waals surface area contributed by atoms with Gasteiger partial charge in [0.05, 0.1) is 5.25 Å². The second kappa shape index (κ2) is 6.05. The largest absolute Gasteiger partial charge is 0.329 e. The number of nitrogens with two attached hydrogens (primary N) is 1. The summed E-state index contributed by atoms with van der Waals surface area (Å²) in [4.78, 5) is 2.60. The van der Waals surface area contributed by atoms with Gasteiger partial charge in [0.25, 0.3) is 0 Å². The van der Waals surface area contributed by atoms with Crippen molar-refractivity contribution in [3.8, 4) is 0 Å². The zero-order chi connectivity index (χ0) is 12.3. The molecule has 0 aliphatic rings. The van der Waals surface area contributed by atoms with Crippen LogP contribution in [0, 0.1) is 6.92 Å². The van der Waals surface area contributed by atoms with E-state index >= 15 is 0 Å². The molecule has 1 aromatic carbocycles. The van der Waals surface area contributed by atoms with Crippen LogP contribution in [-0.4, -0.2) is 6.54 Å². The number of rotatable bonds is 4. The highest BCUT2D eigenvalue weighted by atomic mass is 79.9. The maximum atomic E-state index is 5.86. The van der Waals surface area contributed by atoms with E-state index in [9.17, 15) is 0 Å². The van der Waals surface area contributed by atoms with E-state index in [1.165, 1.54) is 15.3 Å². The zero-order valence-electron chi connectivity index (χ0n) is 9.52. The van der Waals surface area contributed by atoms with Crippen molar-refractivity contribution >= 4 is 39.0 Å². The van der Waals surface area contributed by atoms with Gasteiger partial charge in [-0.3, -0.25) is 0 Å². The van der Waals surface area contributed by atoms with Crippen LogP contribution in [-0.2, 0) is 0 Å². The van der Waals surface area contributed by atoms with Crippen molar-refractivity contribution in [3.63, 3.8) is 0 Å². The Hall–Kier alpha value is -0.290. The van der Waals surface area contributed by atoms with E-state index in [0.29, 0.717) is 11.8 Å². The van der Waals surface area contributed by atoms with Crippen molar-refractivity contribution in [2.24, 2.45) is 5.73 Å². The van der Waals surface area contributed by atoms with Gasteiger partial charge in [-0.15, -0.1) is 23.1 Å². The lowest BCUT2D eigenvalue weighted by Crippen LogP contribution is -2.07. The Morgan fingerprint density at radius 3 is 2.59 bits per heavy atom. The third-order valence-electron chi connectivity index (χ3n) is 2.42. The van der Waals surface area contributed by atoms with Crippen LogP contribution < -0.4 is 5.73 Å². The first-order valence-electron chi connectivity index (χ1n) is 5.36. The third kappa shape index (κ3) is 3.58. The monoisotopic (exact) mass is 327 g/mol. The van der Waals surface area contributed by atoms with Crippen LogP contribution in [0.3, 0.4) is 0 Å². The lowest BCUT2D eigenvalue weighted by Gasteiger charge is -2.12. The average Bonchev–Trinajstić information content (AvgIpc) is 2.75. The highest BCUT2D eigenvalue weighted by Crippen LogP contribution is 2.38. The lowest BCUT2D eigenvalue weighted by atomic mass is 10.2. The molecule has 2 N–H and O–H groups in total. The van der Waals surface area contributed by atoms with Crippen molar-refractivity contribution in [2.45, 2.75) is 17.1 Å². The van der Waals surface area contributed by atoms with Gasteiger partial charge in [0.1, 0.15) is 0 Å². The summed E-state index contributed by atoms with van der Waals surface area (Å²) in [5.41, 5.74) is 7.15. The quantitative estimate of drug-likeness (QED) is 0.830. The van der Waals surface area contributed by atoms with Gasteiger partial charge in [-0.05, 0) is 41.1 Å². The van der Waals surface area contributed by atoms with E-state index in [1.807, 2.05) is 11.8 Å². The zero-order valence-corrected chi connectivity index (χ0v) is 12.7. The Balaban J connectivity index is 2.12. The predicted octanol–water partition coefficient (Wildman–Crippen LogP) is 4.61. The molecule has 90 valence electrons. The second-order valence-corrected chi connectivity index (χ2v) is 6.96. The number of hydrogen-bond acceptors (Lipinski definition) is 3. The maximum Gasteiger partial charge on any atom is 0.0561 e. The van der Waals surface area contributed by atoms with Crippen molar-refractivity contribution < 1.29 is 0 Å². The topological polar surface area (TPSA) is 26.0 Å². The highest BCUT2D eigenvalue weighted by Gasteiger charge is 2.13. The molecule has 1 atom stereocenters. The van der Waals surface area contributed by atoms with Gasteiger partial charge in [0.15, 0.2) is 0 Å². The van der Waals surface area contributed by atoms with Crippen LogP contribution in [0.25, 0.3) is 0 Å². The molecule has 0 saturated heterocycles. The molecule has 0 radical (unpaired) electrons.